The first kappa shape index (κ1) is 19.2. The maximum absolute atomic E-state index is 13.9. The molecule has 1 amide bonds. The summed E-state index contributed by atoms with van der Waals surface area (Å²) < 4.78 is 27.3. The van der Waals surface area contributed by atoms with Gasteiger partial charge in [0.15, 0.2) is 5.78 Å². The first-order valence-electron chi connectivity index (χ1n) is 9.14. The first-order chi connectivity index (χ1) is 12.9. The van der Waals surface area contributed by atoms with Crippen LogP contribution in [0.25, 0.3) is 0 Å². The number of aromatic nitrogens is 2. The van der Waals surface area contributed by atoms with E-state index in [2.05, 4.69) is 10.2 Å². The van der Waals surface area contributed by atoms with E-state index in [0.717, 1.165) is 35.2 Å². The number of carbonyl (C=O) groups excluding carboxylic acids is 2. The van der Waals surface area contributed by atoms with Crippen LogP contribution in [0.5, 0.6) is 0 Å². The lowest BCUT2D eigenvalue weighted by Gasteiger charge is -2.32. The molecule has 1 atom stereocenters. The first-order valence-corrected chi connectivity index (χ1v) is 9.14. The Morgan fingerprint density at radius 3 is 2.78 bits per heavy atom. The van der Waals surface area contributed by atoms with Gasteiger partial charge in [0, 0.05) is 31.1 Å². The molecular weight excluding hydrogens is 352 g/mol. The van der Waals surface area contributed by atoms with Gasteiger partial charge in [-0.2, -0.15) is 5.10 Å². The second-order valence-corrected chi connectivity index (χ2v) is 7.08. The van der Waals surface area contributed by atoms with Gasteiger partial charge in [-0.05, 0) is 56.9 Å². The minimum atomic E-state index is -0.726. The third-order valence-electron chi connectivity index (χ3n) is 5.21. The summed E-state index contributed by atoms with van der Waals surface area (Å²) in [6, 6.07) is 2.88. The van der Waals surface area contributed by atoms with Crippen molar-refractivity contribution in [2.45, 2.75) is 39.5 Å². The highest BCUT2D eigenvalue weighted by molar-refractivity contribution is 5.98. The molecule has 1 aliphatic rings. The number of likely N-dealkylation sites (tertiary alicyclic amines) is 1. The number of nitrogens with zero attached hydrogens (tertiary/aromatic N) is 2. The molecule has 27 heavy (non-hydrogen) atoms. The van der Waals surface area contributed by atoms with E-state index in [1.807, 2.05) is 13.8 Å². The summed E-state index contributed by atoms with van der Waals surface area (Å²) in [5.74, 6) is -2.35. The normalized spacial score (nSPS) is 17.2. The molecule has 0 aliphatic carbocycles. The number of hydrogen-bond acceptors (Lipinski definition) is 3. The topological polar surface area (TPSA) is 66.1 Å². The van der Waals surface area contributed by atoms with Gasteiger partial charge in [0.25, 0.3) is 0 Å². The highest BCUT2D eigenvalue weighted by Crippen LogP contribution is 2.24. The van der Waals surface area contributed by atoms with Gasteiger partial charge in [-0.3, -0.25) is 14.7 Å². The highest BCUT2D eigenvalue weighted by Gasteiger charge is 2.30. The molecule has 0 unspecified atom stereocenters. The molecule has 2 aromatic rings. The predicted octanol–water partition coefficient (Wildman–Crippen LogP) is 3.36. The molecular formula is C20H23F2N3O2. The van der Waals surface area contributed by atoms with Crippen molar-refractivity contribution in [1.82, 2.24) is 15.1 Å². The van der Waals surface area contributed by atoms with Crippen LogP contribution in [0.15, 0.2) is 18.2 Å². The maximum atomic E-state index is 13.9. The zero-order valence-electron chi connectivity index (χ0n) is 15.5. The summed E-state index contributed by atoms with van der Waals surface area (Å²) in [6.07, 6.45) is 2.15. The molecule has 1 aromatic heterocycles. The number of carbonyl (C=O) groups is 2. The number of nitrogens with one attached hydrogen (secondary N) is 1. The highest BCUT2D eigenvalue weighted by atomic mass is 19.1. The number of piperidine rings is 1. The van der Waals surface area contributed by atoms with Gasteiger partial charge in [0.1, 0.15) is 11.6 Å². The smallest absolute Gasteiger partial charge is 0.222 e. The van der Waals surface area contributed by atoms with Crippen molar-refractivity contribution in [2.75, 3.05) is 13.1 Å². The molecule has 3 rings (SSSR count). The number of aryl methyl sites for hydroxylation is 2. The van der Waals surface area contributed by atoms with Crippen LogP contribution in [0.2, 0.25) is 0 Å². The molecule has 0 saturated carbocycles. The number of amides is 1. The number of aromatic amines is 1. The molecule has 5 nitrogen and oxygen atoms in total. The minimum absolute atomic E-state index is 0.0350. The Morgan fingerprint density at radius 2 is 2.07 bits per heavy atom. The average Bonchev–Trinajstić information content (AvgIpc) is 2.99. The van der Waals surface area contributed by atoms with Crippen molar-refractivity contribution in [3.63, 3.8) is 0 Å². The number of rotatable bonds is 5. The van der Waals surface area contributed by atoms with E-state index in [4.69, 9.17) is 0 Å². The molecule has 144 valence electrons. The van der Waals surface area contributed by atoms with Gasteiger partial charge >= 0.3 is 0 Å². The number of hydrogen-bond donors (Lipinski definition) is 1. The average molecular weight is 375 g/mol. The van der Waals surface area contributed by atoms with Crippen molar-refractivity contribution in [3.8, 4) is 0 Å². The molecule has 1 N–H and O–H groups in total. The molecule has 7 heteroatoms. The van der Waals surface area contributed by atoms with Crippen LogP contribution in [-0.4, -0.2) is 39.9 Å². The van der Waals surface area contributed by atoms with Gasteiger partial charge in [-0.25, -0.2) is 8.78 Å². The minimum Gasteiger partial charge on any atom is -0.342 e. The molecule has 1 saturated heterocycles. The van der Waals surface area contributed by atoms with E-state index in [1.165, 1.54) is 0 Å². The van der Waals surface area contributed by atoms with E-state index in [9.17, 15) is 18.4 Å². The van der Waals surface area contributed by atoms with Gasteiger partial charge in [0.2, 0.25) is 5.91 Å². The Morgan fingerprint density at radius 1 is 1.30 bits per heavy atom. The lowest BCUT2D eigenvalue weighted by atomic mass is 9.89. The maximum Gasteiger partial charge on any atom is 0.222 e. The van der Waals surface area contributed by atoms with Gasteiger partial charge in [0.05, 0.1) is 11.3 Å². The molecule has 0 spiro atoms. The van der Waals surface area contributed by atoms with E-state index in [0.29, 0.717) is 32.2 Å². The van der Waals surface area contributed by atoms with Crippen molar-refractivity contribution >= 4 is 11.7 Å². The van der Waals surface area contributed by atoms with Crippen molar-refractivity contribution < 1.29 is 18.4 Å². The standard InChI is InChI=1S/C20H23F2N3O2/c1-12-16(13(2)24-23-12)6-8-19(26)25-9-3-4-14(11-25)20(27)17-10-15(21)5-7-18(17)22/h5,7,10,14H,3-4,6,8-9,11H2,1-2H3,(H,23,24)/t14-/m1/s1. The van der Waals surface area contributed by atoms with Crippen molar-refractivity contribution in [2.24, 2.45) is 5.92 Å². The second kappa shape index (κ2) is 7.98. The third-order valence-corrected chi connectivity index (χ3v) is 5.21. The van der Waals surface area contributed by atoms with E-state index in [-0.39, 0.29) is 18.0 Å². The van der Waals surface area contributed by atoms with Gasteiger partial charge < -0.3 is 4.90 Å². The lowest BCUT2D eigenvalue weighted by molar-refractivity contribution is -0.132. The molecule has 0 radical (unpaired) electrons. The SMILES string of the molecule is Cc1n[nH]c(C)c1CCC(=O)N1CCC[C@@H](C(=O)c2cc(F)ccc2F)C1. The summed E-state index contributed by atoms with van der Waals surface area (Å²) in [4.78, 5) is 26.9. The van der Waals surface area contributed by atoms with Crippen molar-refractivity contribution in [1.29, 1.82) is 0 Å². The molecule has 1 aromatic carbocycles. The summed E-state index contributed by atoms with van der Waals surface area (Å²) in [7, 11) is 0. The van der Waals surface area contributed by atoms with E-state index in [1.54, 1.807) is 4.90 Å². The lowest BCUT2D eigenvalue weighted by Crippen LogP contribution is -2.42. The molecule has 1 fully saturated rings. The summed E-state index contributed by atoms with van der Waals surface area (Å²) in [6.45, 7) is 4.64. The zero-order valence-corrected chi connectivity index (χ0v) is 15.5. The fourth-order valence-electron chi connectivity index (χ4n) is 3.66. The van der Waals surface area contributed by atoms with Crippen LogP contribution in [0.1, 0.15) is 46.6 Å². The van der Waals surface area contributed by atoms with Crippen LogP contribution >= 0.6 is 0 Å². The Balaban J connectivity index is 1.64. The Bertz CT molecular complexity index is 843. The number of benzene rings is 1. The summed E-state index contributed by atoms with van der Waals surface area (Å²) >= 11 is 0. The van der Waals surface area contributed by atoms with Gasteiger partial charge in [-0.1, -0.05) is 0 Å². The Kier molecular flexibility index (Phi) is 5.68. The quantitative estimate of drug-likeness (QED) is 0.815. The molecule has 0 bridgehead atoms. The fourth-order valence-corrected chi connectivity index (χ4v) is 3.66. The second-order valence-electron chi connectivity index (χ2n) is 7.08. The van der Waals surface area contributed by atoms with Crippen LogP contribution in [0, 0.1) is 31.4 Å². The number of halogens is 2. The summed E-state index contributed by atoms with van der Waals surface area (Å²) in [5, 5.41) is 7.03. The number of Topliss-reactive ketones (excluding diaryl/α,β-unsaturated/α-hetero) is 1. The summed E-state index contributed by atoms with van der Waals surface area (Å²) in [5.41, 5.74) is 2.64. The van der Waals surface area contributed by atoms with Crippen LogP contribution in [-0.2, 0) is 11.2 Å². The Hall–Kier alpha value is -2.57. The largest absolute Gasteiger partial charge is 0.342 e. The number of ketones is 1. The predicted molar refractivity (Wildman–Crippen MR) is 96.4 cm³/mol. The zero-order chi connectivity index (χ0) is 19.6. The Labute approximate surface area is 156 Å². The van der Waals surface area contributed by atoms with Gasteiger partial charge in [-0.15, -0.1) is 0 Å². The molecule has 1 aliphatic heterocycles. The van der Waals surface area contributed by atoms with Crippen LogP contribution in [0.3, 0.4) is 0 Å². The molecule has 2 heterocycles. The van der Waals surface area contributed by atoms with Crippen LogP contribution < -0.4 is 0 Å². The van der Waals surface area contributed by atoms with Crippen LogP contribution in [0.4, 0.5) is 8.78 Å². The number of H-pyrrole nitrogens is 1. The fraction of sp³-hybridized carbons (Fsp3) is 0.450. The monoisotopic (exact) mass is 375 g/mol. The van der Waals surface area contributed by atoms with E-state index < -0.39 is 23.3 Å². The third kappa shape index (κ3) is 4.23. The van der Waals surface area contributed by atoms with E-state index >= 15 is 0 Å². The van der Waals surface area contributed by atoms with Crippen molar-refractivity contribution in [3.05, 3.63) is 52.3 Å².